The molecule has 1 atom stereocenters. The molecule has 25 heavy (non-hydrogen) atoms. The van der Waals surface area contributed by atoms with Crippen molar-refractivity contribution in [3.8, 4) is 0 Å². The van der Waals surface area contributed by atoms with E-state index in [4.69, 9.17) is 9.15 Å². The van der Waals surface area contributed by atoms with Crippen molar-refractivity contribution in [2.45, 2.75) is 45.1 Å². The molecule has 3 heterocycles. The third kappa shape index (κ3) is 3.21. The fourth-order valence-electron chi connectivity index (χ4n) is 3.69. The zero-order valence-corrected chi connectivity index (χ0v) is 14.7. The number of hydrogen-bond acceptors (Lipinski definition) is 4. The lowest BCUT2D eigenvalue weighted by Crippen LogP contribution is -2.43. The molecule has 4 rings (SSSR count). The molecule has 2 aromatic rings. The summed E-state index contributed by atoms with van der Waals surface area (Å²) in [4.78, 5) is 19.6. The first-order valence-corrected chi connectivity index (χ1v) is 9.22. The number of rotatable bonds is 3. The molecule has 0 saturated carbocycles. The lowest BCUT2D eigenvalue weighted by atomic mass is 9.96. The molecule has 1 amide bonds. The van der Waals surface area contributed by atoms with Gasteiger partial charge in [-0.05, 0) is 49.4 Å². The Morgan fingerprint density at radius 2 is 2.12 bits per heavy atom. The maximum atomic E-state index is 13.1. The summed E-state index contributed by atoms with van der Waals surface area (Å²) in [6, 6.07) is 7.70. The Morgan fingerprint density at radius 3 is 2.96 bits per heavy atom. The average molecular weight is 340 g/mol. The first-order valence-electron chi connectivity index (χ1n) is 9.22. The van der Waals surface area contributed by atoms with E-state index in [1.807, 2.05) is 23.1 Å². The molecule has 132 valence electrons. The van der Waals surface area contributed by atoms with Crippen LogP contribution in [0.1, 0.15) is 59.1 Å². The Kier molecular flexibility index (Phi) is 4.57. The molecule has 0 spiro atoms. The van der Waals surface area contributed by atoms with Crippen LogP contribution in [0.4, 0.5) is 0 Å². The van der Waals surface area contributed by atoms with E-state index in [1.54, 1.807) is 0 Å². The second-order valence-corrected chi connectivity index (χ2v) is 6.76. The van der Waals surface area contributed by atoms with Gasteiger partial charge in [-0.1, -0.05) is 13.0 Å². The summed E-state index contributed by atoms with van der Waals surface area (Å²) in [5.41, 5.74) is 2.92. The molecule has 5 heteroatoms. The number of hydrogen-bond donors (Lipinski definition) is 0. The molecule has 1 fully saturated rings. The number of nitrogens with zero attached hydrogens (tertiary/aromatic N) is 2. The summed E-state index contributed by atoms with van der Waals surface area (Å²) in [7, 11) is 0. The summed E-state index contributed by atoms with van der Waals surface area (Å²) >= 11 is 0. The Morgan fingerprint density at radius 1 is 1.24 bits per heavy atom. The predicted octanol–water partition coefficient (Wildman–Crippen LogP) is 3.33. The largest absolute Gasteiger partial charge is 0.464 e. The highest BCUT2D eigenvalue weighted by molar-refractivity contribution is 5.92. The van der Waals surface area contributed by atoms with Crippen molar-refractivity contribution in [2.24, 2.45) is 0 Å². The Balaban J connectivity index is 1.60. The van der Waals surface area contributed by atoms with Crippen molar-refractivity contribution >= 4 is 5.91 Å². The quantitative estimate of drug-likeness (QED) is 0.860. The van der Waals surface area contributed by atoms with E-state index in [2.05, 4.69) is 18.0 Å². The fourth-order valence-corrected chi connectivity index (χ4v) is 3.69. The number of ether oxygens (including phenoxy) is 1. The van der Waals surface area contributed by atoms with Crippen LogP contribution in [0.3, 0.4) is 0 Å². The molecule has 2 aromatic heterocycles. The summed E-state index contributed by atoms with van der Waals surface area (Å²) in [5.74, 6) is 1.69. The second-order valence-electron chi connectivity index (χ2n) is 6.76. The minimum atomic E-state index is -0.181. The smallest absolute Gasteiger partial charge is 0.273 e. The van der Waals surface area contributed by atoms with Gasteiger partial charge in [0.1, 0.15) is 23.3 Å². The number of furan rings is 1. The lowest BCUT2D eigenvalue weighted by molar-refractivity contribution is -0.00932. The van der Waals surface area contributed by atoms with E-state index < -0.39 is 0 Å². The van der Waals surface area contributed by atoms with Crippen LogP contribution in [0.15, 0.2) is 28.7 Å². The fraction of sp³-hybridized carbons (Fsp3) is 0.500. The van der Waals surface area contributed by atoms with Crippen LogP contribution in [-0.4, -0.2) is 35.5 Å². The van der Waals surface area contributed by atoms with Gasteiger partial charge >= 0.3 is 0 Å². The summed E-state index contributed by atoms with van der Waals surface area (Å²) in [6.45, 7) is 3.63. The Bertz CT molecular complexity index is 768. The number of amides is 1. The Labute approximate surface area is 148 Å². The van der Waals surface area contributed by atoms with Crippen LogP contribution >= 0.6 is 0 Å². The third-order valence-corrected chi connectivity index (χ3v) is 5.15. The monoisotopic (exact) mass is 340 g/mol. The summed E-state index contributed by atoms with van der Waals surface area (Å²) < 4.78 is 11.5. The zero-order chi connectivity index (χ0) is 17.2. The van der Waals surface area contributed by atoms with Crippen molar-refractivity contribution in [1.82, 2.24) is 9.88 Å². The zero-order valence-electron chi connectivity index (χ0n) is 14.7. The van der Waals surface area contributed by atoms with Crippen LogP contribution in [0.25, 0.3) is 0 Å². The minimum absolute atomic E-state index is 0.0314. The number of aryl methyl sites for hydroxylation is 3. The van der Waals surface area contributed by atoms with Gasteiger partial charge in [0.2, 0.25) is 0 Å². The number of aromatic nitrogens is 1. The predicted molar refractivity (Wildman–Crippen MR) is 93.6 cm³/mol. The van der Waals surface area contributed by atoms with Crippen LogP contribution in [0, 0.1) is 0 Å². The highest BCUT2D eigenvalue weighted by Crippen LogP contribution is 2.28. The van der Waals surface area contributed by atoms with Gasteiger partial charge in [-0.2, -0.15) is 0 Å². The van der Waals surface area contributed by atoms with Crippen LogP contribution in [0.5, 0.6) is 0 Å². The van der Waals surface area contributed by atoms with Gasteiger partial charge in [0.15, 0.2) is 0 Å². The van der Waals surface area contributed by atoms with E-state index in [0.717, 1.165) is 42.9 Å². The van der Waals surface area contributed by atoms with Crippen LogP contribution in [0.2, 0.25) is 0 Å². The maximum absolute atomic E-state index is 13.1. The van der Waals surface area contributed by atoms with Crippen molar-refractivity contribution in [3.05, 3.63) is 52.7 Å². The third-order valence-electron chi connectivity index (χ3n) is 5.15. The van der Waals surface area contributed by atoms with Crippen molar-refractivity contribution < 1.29 is 13.9 Å². The number of morpholine rings is 1. The normalized spacial score (nSPS) is 20.4. The topological polar surface area (TPSA) is 55.6 Å². The molecule has 0 aromatic carbocycles. The number of pyridine rings is 1. The standard InChI is InChI=1S/C20H24N2O3/c1-2-15-8-10-19(25-15)18-13-24-12-11-22(18)20(23)17-9-7-14-5-3-4-6-16(14)21-17/h7-10,18H,2-6,11-13H2,1H3. The van der Waals surface area contributed by atoms with E-state index >= 15 is 0 Å². The van der Waals surface area contributed by atoms with E-state index in [-0.39, 0.29) is 11.9 Å². The van der Waals surface area contributed by atoms with Gasteiger partial charge in [0.05, 0.1) is 13.2 Å². The maximum Gasteiger partial charge on any atom is 0.273 e. The second kappa shape index (κ2) is 7.00. The van der Waals surface area contributed by atoms with Crippen LogP contribution < -0.4 is 0 Å². The molecule has 5 nitrogen and oxygen atoms in total. The lowest BCUT2D eigenvalue weighted by Gasteiger charge is -2.34. The van der Waals surface area contributed by atoms with Gasteiger partial charge in [-0.3, -0.25) is 4.79 Å². The number of carbonyl (C=O) groups excluding carboxylic acids is 1. The van der Waals surface area contributed by atoms with E-state index in [0.29, 0.717) is 25.5 Å². The van der Waals surface area contributed by atoms with Crippen molar-refractivity contribution in [1.29, 1.82) is 0 Å². The minimum Gasteiger partial charge on any atom is -0.464 e. The van der Waals surface area contributed by atoms with E-state index in [9.17, 15) is 4.79 Å². The molecule has 1 aliphatic heterocycles. The Hall–Kier alpha value is -2.14. The summed E-state index contributed by atoms with van der Waals surface area (Å²) in [6.07, 6.45) is 5.26. The highest BCUT2D eigenvalue weighted by atomic mass is 16.5. The SMILES string of the molecule is CCc1ccc(C2COCCN2C(=O)c2ccc3c(n2)CCCC3)o1. The summed E-state index contributed by atoms with van der Waals surface area (Å²) in [5, 5.41) is 0. The molecule has 2 aliphatic rings. The van der Waals surface area contributed by atoms with Gasteiger partial charge < -0.3 is 14.1 Å². The van der Waals surface area contributed by atoms with E-state index in [1.165, 1.54) is 12.0 Å². The first-order chi connectivity index (χ1) is 12.3. The molecule has 0 N–H and O–H groups in total. The van der Waals surface area contributed by atoms with Gasteiger partial charge in [-0.25, -0.2) is 4.98 Å². The van der Waals surface area contributed by atoms with Crippen LogP contribution in [-0.2, 0) is 24.0 Å². The van der Waals surface area contributed by atoms with Crippen molar-refractivity contribution in [3.63, 3.8) is 0 Å². The molecular formula is C20H24N2O3. The molecule has 1 saturated heterocycles. The number of fused-ring (bicyclic) bond motifs is 1. The number of carbonyl (C=O) groups is 1. The van der Waals surface area contributed by atoms with Gasteiger partial charge in [0.25, 0.3) is 5.91 Å². The van der Waals surface area contributed by atoms with Crippen molar-refractivity contribution in [2.75, 3.05) is 19.8 Å². The molecular weight excluding hydrogens is 316 g/mol. The van der Waals surface area contributed by atoms with Gasteiger partial charge in [0, 0.05) is 18.7 Å². The highest BCUT2D eigenvalue weighted by Gasteiger charge is 2.32. The van der Waals surface area contributed by atoms with Gasteiger partial charge in [-0.15, -0.1) is 0 Å². The first kappa shape index (κ1) is 16.3. The molecule has 1 unspecified atom stereocenters. The average Bonchev–Trinajstić information content (AvgIpc) is 3.16. The molecule has 0 radical (unpaired) electrons. The molecule has 0 bridgehead atoms. The molecule has 1 aliphatic carbocycles.